The molecule has 0 spiro atoms. The fourth-order valence-corrected chi connectivity index (χ4v) is 4.28. The minimum Gasteiger partial charge on any atom is -0.495 e. The van der Waals surface area contributed by atoms with E-state index in [9.17, 15) is 9.59 Å². The van der Waals surface area contributed by atoms with E-state index in [1.165, 1.54) is 7.11 Å². The van der Waals surface area contributed by atoms with Crippen LogP contribution in [0.3, 0.4) is 0 Å². The molecule has 1 fully saturated rings. The van der Waals surface area contributed by atoms with Crippen molar-refractivity contribution >= 4 is 23.2 Å². The van der Waals surface area contributed by atoms with Crippen molar-refractivity contribution in [2.75, 3.05) is 58.0 Å². The lowest BCUT2D eigenvalue weighted by atomic mass is 10.0. The van der Waals surface area contributed by atoms with Gasteiger partial charge in [-0.25, -0.2) is 0 Å². The number of nitrogens with two attached hydrogens (primary N) is 1. The molecule has 2 N–H and O–H groups in total. The number of rotatable bonds is 7. The molecule has 8 nitrogen and oxygen atoms in total. The first-order valence-electron chi connectivity index (χ1n) is 12.3. The molecule has 1 aliphatic rings. The van der Waals surface area contributed by atoms with Gasteiger partial charge < -0.3 is 29.9 Å². The number of nitrogens with zero attached hydrogens (tertiary/aromatic N) is 3. The highest BCUT2D eigenvalue weighted by Gasteiger charge is 2.23. The number of ether oxygens (including phenoxy) is 2. The molecule has 3 aromatic rings. The predicted molar refractivity (Wildman–Crippen MR) is 145 cm³/mol. The average Bonchev–Trinajstić information content (AvgIpc) is 2.92. The standard InChI is InChI=1S/C29H34N4O4/c1-20-5-6-22(25(17-20)29(35)33-15-13-31(2)14-16-33)19-37-24-10-8-23(9-11-24)32(3)28(34)21-7-12-26(30)27(18-21)36-4/h5-12,17-18H,13-16,19,30H2,1-4H3. The van der Waals surface area contributed by atoms with E-state index in [2.05, 4.69) is 11.9 Å². The van der Waals surface area contributed by atoms with Crippen molar-refractivity contribution in [2.24, 2.45) is 0 Å². The van der Waals surface area contributed by atoms with Crippen LogP contribution in [0.25, 0.3) is 0 Å². The molecule has 1 saturated heterocycles. The van der Waals surface area contributed by atoms with Crippen LogP contribution in [0.5, 0.6) is 11.5 Å². The minimum absolute atomic E-state index is 0.0465. The number of anilines is 2. The molecule has 1 aliphatic heterocycles. The van der Waals surface area contributed by atoms with Crippen LogP contribution in [-0.2, 0) is 6.61 Å². The Morgan fingerprint density at radius 3 is 2.35 bits per heavy atom. The first kappa shape index (κ1) is 26.0. The van der Waals surface area contributed by atoms with E-state index in [0.717, 1.165) is 43.0 Å². The van der Waals surface area contributed by atoms with Crippen molar-refractivity contribution < 1.29 is 19.1 Å². The number of carbonyl (C=O) groups excluding carboxylic acids is 2. The van der Waals surface area contributed by atoms with Gasteiger partial charge in [-0.3, -0.25) is 9.59 Å². The van der Waals surface area contributed by atoms with Crippen LogP contribution in [0.2, 0.25) is 0 Å². The van der Waals surface area contributed by atoms with Crippen molar-refractivity contribution in [1.82, 2.24) is 9.80 Å². The second kappa shape index (κ2) is 11.3. The number of piperazine rings is 1. The Bertz CT molecular complexity index is 1270. The average molecular weight is 503 g/mol. The first-order chi connectivity index (χ1) is 17.8. The maximum atomic E-state index is 13.2. The number of likely N-dealkylation sites (N-methyl/N-ethyl adjacent to an activating group) is 1. The highest BCUT2D eigenvalue weighted by molar-refractivity contribution is 6.06. The molecule has 0 radical (unpaired) electrons. The summed E-state index contributed by atoms with van der Waals surface area (Å²) in [5, 5.41) is 0. The van der Waals surface area contributed by atoms with E-state index in [1.807, 2.05) is 54.3 Å². The van der Waals surface area contributed by atoms with Crippen molar-refractivity contribution in [3.05, 3.63) is 82.9 Å². The molecule has 0 unspecified atom stereocenters. The molecule has 3 aromatic carbocycles. The maximum absolute atomic E-state index is 13.2. The van der Waals surface area contributed by atoms with E-state index in [-0.39, 0.29) is 18.4 Å². The van der Waals surface area contributed by atoms with Crippen LogP contribution in [0, 0.1) is 6.92 Å². The molecule has 0 atom stereocenters. The Hall–Kier alpha value is -4.04. The van der Waals surface area contributed by atoms with E-state index in [4.69, 9.17) is 15.2 Å². The normalized spacial score (nSPS) is 13.8. The quantitative estimate of drug-likeness (QED) is 0.494. The van der Waals surface area contributed by atoms with Gasteiger partial charge in [-0.2, -0.15) is 0 Å². The Morgan fingerprint density at radius 2 is 1.68 bits per heavy atom. The molecule has 0 aromatic heterocycles. The summed E-state index contributed by atoms with van der Waals surface area (Å²) in [5.74, 6) is 0.978. The summed E-state index contributed by atoms with van der Waals surface area (Å²) in [6.45, 7) is 5.45. The largest absolute Gasteiger partial charge is 0.495 e. The lowest BCUT2D eigenvalue weighted by Gasteiger charge is -2.33. The Labute approximate surface area is 218 Å². The number of hydrogen-bond acceptors (Lipinski definition) is 6. The second-order valence-corrected chi connectivity index (χ2v) is 9.36. The van der Waals surface area contributed by atoms with Crippen LogP contribution in [0.15, 0.2) is 60.7 Å². The zero-order valence-electron chi connectivity index (χ0n) is 21.9. The number of amides is 2. The summed E-state index contributed by atoms with van der Waals surface area (Å²) in [4.78, 5) is 31.9. The zero-order valence-corrected chi connectivity index (χ0v) is 21.9. The van der Waals surface area contributed by atoms with E-state index < -0.39 is 0 Å². The number of carbonyl (C=O) groups is 2. The highest BCUT2D eigenvalue weighted by Crippen LogP contribution is 2.26. The second-order valence-electron chi connectivity index (χ2n) is 9.36. The molecule has 37 heavy (non-hydrogen) atoms. The maximum Gasteiger partial charge on any atom is 0.258 e. The Kier molecular flexibility index (Phi) is 7.98. The highest BCUT2D eigenvalue weighted by atomic mass is 16.5. The summed E-state index contributed by atoms with van der Waals surface area (Å²) in [6, 6.07) is 18.2. The van der Waals surface area contributed by atoms with Crippen LogP contribution in [-0.4, -0.2) is 69.0 Å². The molecule has 0 saturated carbocycles. The number of methoxy groups -OCH3 is 1. The van der Waals surface area contributed by atoms with Gasteiger partial charge in [0.05, 0.1) is 12.8 Å². The smallest absolute Gasteiger partial charge is 0.258 e. The van der Waals surface area contributed by atoms with Crippen LogP contribution in [0.1, 0.15) is 31.8 Å². The van der Waals surface area contributed by atoms with E-state index in [1.54, 1.807) is 30.1 Å². The minimum atomic E-state index is -0.182. The van der Waals surface area contributed by atoms with Crippen LogP contribution < -0.4 is 20.1 Å². The van der Waals surface area contributed by atoms with Gasteiger partial charge >= 0.3 is 0 Å². The zero-order chi connectivity index (χ0) is 26.5. The number of hydrogen-bond donors (Lipinski definition) is 1. The van der Waals surface area contributed by atoms with Gasteiger partial charge in [-0.05, 0) is 62.5 Å². The third-order valence-electron chi connectivity index (χ3n) is 6.69. The van der Waals surface area contributed by atoms with Gasteiger partial charge in [0.15, 0.2) is 0 Å². The lowest BCUT2D eigenvalue weighted by Crippen LogP contribution is -2.47. The topological polar surface area (TPSA) is 88.3 Å². The van der Waals surface area contributed by atoms with Crippen molar-refractivity contribution in [3.8, 4) is 11.5 Å². The predicted octanol–water partition coefficient (Wildman–Crippen LogP) is 3.83. The summed E-state index contributed by atoms with van der Waals surface area (Å²) in [7, 11) is 5.30. The third-order valence-corrected chi connectivity index (χ3v) is 6.69. The van der Waals surface area contributed by atoms with Gasteiger partial charge in [-0.15, -0.1) is 0 Å². The van der Waals surface area contributed by atoms with Crippen LogP contribution in [0.4, 0.5) is 11.4 Å². The lowest BCUT2D eigenvalue weighted by molar-refractivity contribution is 0.0661. The van der Waals surface area contributed by atoms with E-state index in [0.29, 0.717) is 28.3 Å². The first-order valence-corrected chi connectivity index (χ1v) is 12.3. The molecule has 194 valence electrons. The molecule has 0 aliphatic carbocycles. The van der Waals surface area contributed by atoms with Gasteiger partial charge in [0.2, 0.25) is 0 Å². The molecule has 4 rings (SSSR count). The third kappa shape index (κ3) is 6.03. The van der Waals surface area contributed by atoms with Crippen molar-refractivity contribution in [1.29, 1.82) is 0 Å². The number of nitrogen functional groups attached to an aromatic ring is 1. The summed E-state index contributed by atoms with van der Waals surface area (Å²) in [5.41, 5.74) is 10.1. The fourth-order valence-electron chi connectivity index (χ4n) is 4.28. The molecular formula is C29H34N4O4. The number of benzene rings is 3. The summed E-state index contributed by atoms with van der Waals surface area (Å²) in [6.07, 6.45) is 0. The molecule has 8 heteroatoms. The Morgan fingerprint density at radius 1 is 0.973 bits per heavy atom. The van der Waals surface area contributed by atoms with Crippen molar-refractivity contribution in [2.45, 2.75) is 13.5 Å². The Balaban J connectivity index is 1.43. The van der Waals surface area contributed by atoms with E-state index >= 15 is 0 Å². The SMILES string of the molecule is COc1cc(C(=O)N(C)c2ccc(OCc3ccc(C)cc3C(=O)N3CCN(C)CC3)cc2)ccc1N. The molecule has 1 heterocycles. The fraction of sp³-hybridized carbons (Fsp3) is 0.310. The summed E-state index contributed by atoms with van der Waals surface area (Å²) < 4.78 is 11.3. The summed E-state index contributed by atoms with van der Waals surface area (Å²) >= 11 is 0. The molecule has 2 amide bonds. The van der Waals surface area contributed by atoms with Crippen LogP contribution >= 0.6 is 0 Å². The molecular weight excluding hydrogens is 468 g/mol. The van der Waals surface area contributed by atoms with Gasteiger partial charge in [0.25, 0.3) is 11.8 Å². The molecule has 0 bridgehead atoms. The number of aryl methyl sites for hydroxylation is 1. The van der Waals surface area contributed by atoms with Crippen molar-refractivity contribution in [3.63, 3.8) is 0 Å². The van der Waals surface area contributed by atoms with Gasteiger partial charge in [0.1, 0.15) is 18.1 Å². The van der Waals surface area contributed by atoms with Gasteiger partial charge in [-0.1, -0.05) is 17.7 Å². The monoisotopic (exact) mass is 502 g/mol. The van der Waals surface area contributed by atoms with Gasteiger partial charge in [0, 0.05) is 55.6 Å².